The van der Waals surface area contributed by atoms with E-state index in [1.54, 1.807) is 0 Å². The van der Waals surface area contributed by atoms with E-state index in [0.29, 0.717) is 0 Å². The lowest BCUT2D eigenvalue weighted by atomic mass is 10.4. The Morgan fingerprint density at radius 2 is 2.10 bits per heavy atom. The Hall–Kier alpha value is -0.770. The van der Waals surface area contributed by atoms with Crippen LogP contribution < -0.4 is 0 Å². The van der Waals surface area contributed by atoms with E-state index in [9.17, 15) is 8.78 Å². The molecule has 0 bridgehead atoms. The fourth-order valence-corrected chi connectivity index (χ4v) is 0.720. The van der Waals surface area contributed by atoms with Gasteiger partial charge in [0.05, 0.1) is 4.51 Å². The van der Waals surface area contributed by atoms with Crippen molar-refractivity contribution in [1.82, 2.24) is 4.57 Å². The first-order chi connectivity index (χ1) is 4.63. The first-order valence-electron chi connectivity index (χ1n) is 2.63. The third kappa shape index (κ3) is 1.07. The van der Waals surface area contributed by atoms with Gasteiger partial charge in [-0.3, -0.25) is 0 Å². The zero-order valence-electron chi connectivity index (χ0n) is 5.27. The summed E-state index contributed by atoms with van der Waals surface area (Å²) in [4.78, 5) is 0. The zero-order chi connectivity index (χ0) is 7.72. The average molecular weight is 161 g/mol. The summed E-state index contributed by atoms with van der Waals surface area (Å²) in [5.41, 5.74) is 0. The van der Waals surface area contributed by atoms with Gasteiger partial charge in [-0.25, -0.2) is 4.39 Å². The van der Waals surface area contributed by atoms with Crippen LogP contribution in [0.3, 0.4) is 0 Å². The summed E-state index contributed by atoms with van der Waals surface area (Å²) in [7, 11) is 1.41. The fourth-order valence-electron chi connectivity index (χ4n) is 0.575. The molecule has 54 valence electrons. The van der Waals surface area contributed by atoms with Crippen molar-refractivity contribution in [3.63, 3.8) is 0 Å². The van der Waals surface area contributed by atoms with Crippen molar-refractivity contribution in [3.05, 3.63) is 28.5 Å². The molecule has 0 unspecified atom stereocenters. The first-order valence-corrected chi connectivity index (χ1v) is 3.04. The van der Waals surface area contributed by atoms with Crippen molar-refractivity contribution in [1.29, 1.82) is 0 Å². The van der Waals surface area contributed by atoms with Gasteiger partial charge in [0.1, 0.15) is 0 Å². The number of rotatable bonds is 0. The average Bonchev–Trinajstić information content (AvgIpc) is 1.93. The van der Waals surface area contributed by atoms with Crippen LogP contribution in [-0.2, 0) is 7.05 Å². The Morgan fingerprint density at radius 3 is 2.60 bits per heavy atom. The summed E-state index contributed by atoms with van der Waals surface area (Å²) in [5, 5.41) is 0. The minimum absolute atomic E-state index is 0.0874. The highest BCUT2D eigenvalue weighted by molar-refractivity contribution is 7.71. The second kappa shape index (κ2) is 2.46. The molecule has 4 heteroatoms. The summed E-state index contributed by atoms with van der Waals surface area (Å²) in [6.07, 6.45) is 1.38. The van der Waals surface area contributed by atoms with E-state index in [2.05, 4.69) is 12.2 Å². The molecule has 1 rings (SSSR count). The molecule has 0 radical (unpaired) electrons. The van der Waals surface area contributed by atoms with Crippen LogP contribution in [0.5, 0.6) is 0 Å². The van der Waals surface area contributed by atoms with Crippen LogP contribution in [-0.4, -0.2) is 4.57 Å². The smallest absolute Gasteiger partial charge is 0.230 e. The largest absolute Gasteiger partial charge is 0.325 e. The molecular weight excluding hydrogens is 156 g/mol. The van der Waals surface area contributed by atoms with E-state index in [0.717, 1.165) is 4.57 Å². The van der Waals surface area contributed by atoms with Gasteiger partial charge in [-0.2, -0.15) is 4.39 Å². The maximum atomic E-state index is 12.5. The maximum absolute atomic E-state index is 12.5. The Balaban J connectivity index is 3.49. The standard InChI is InChI=1S/C6H5F2NS/c1-9-3-2-4(10)5(7)6(9)8/h2-3H,1H3. The van der Waals surface area contributed by atoms with Crippen molar-refractivity contribution >= 4 is 12.2 Å². The van der Waals surface area contributed by atoms with Gasteiger partial charge in [0, 0.05) is 13.2 Å². The maximum Gasteiger partial charge on any atom is 0.230 e. The summed E-state index contributed by atoms with van der Waals surface area (Å²) in [5.74, 6) is -1.88. The van der Waals surface area contributed by atoms with Gasteiger partial charge in [0.25, 0.3) is 0 Å². The molecule has 1 nitrogen and oxygen atoms in total. The lowest BCUT2D eigenvalue weighted by Gasteiger charge is -1.99. The zero-order valence-corrected chi connectivity index (χ0v) is 6.08. The molecule has 1 aromatic rings. The number of nitrogens with zero attached hydrogens (tertiary/aromatic N) is 1. The molecule has 10 heavy (non-hydrogen) atoms. The molecule has 0 saturated carbocycles. The fraction of sp³-hybridized carbons (Fsp3) is 0.167. The van der Waals surface area contributed by atoms with Gasteiger partial charge in [0.15, 0.2) is 5.82 Å². The minimum atomic E-state index is -0.958. The van der Waals surface area contributed by atoms with Crippen molar-refractivity contribution < 1.29 is 8.78 Å². The van der Waals surface area contributed by atoms with E-state index in [1.807, 2.05) is 0 Å². The minimum Gasteiger partial charge on any atom is -0.325 e. The van der Waals surface area contributed by atoms with Crippen LogP contribution in [0.25, 0.3) is 0 Å². The van der Waals surface area contributed by atoms with E-state index < -0.39 is 11.8 Å². The summed E-state index contributed by atoms with van der Waals surface area (Å²) in [6, 6.07) is 1.34. The van der Waals surface area contributed by atoms with Crippen LogP contribution in [0.15, 0.2) is 12.3 Å². The van der Waals surface area contributed by atoms with Crippen molar-refractivity contribution in [2.45, 2.75) is 0 Å². The lowest BCUT2D eigenvalue weighted by molar-refractivity contribution is 0.439. The van der Waals surface area contributed by atoms with E-state index in [4.69, 9.17) is 0 Å². The van der Waals surface area contributed by atoms with Crippen molar-refractivity contribution in [2.24, 2.45) is 7.05 Å². The molecule has 0 aliphatic carbocycles. The van der Waals surface area contributed by atoms with Crippen LogP contribution >= 0.6 is 12.2 Å². The molecular formula is C6H5F2NS. The van der Waals surface area contributed by atoms with Crippen LogP contribution in [0.1, 0.15) is 0 Å². The summed E-state index contributed by atoms with van der Waals surface area (Å²) >= 11 is 4.47. The number of pyridine rings is 1. The van der Waals surface area contributed by atoms with Crippen LogP contribution in [0.4, 0.5) is 8.78 Å². The number of aromatic nitrogens is 1. The molecule has 0 fully saturated rings. The number of hydrogen-bond acceptors (Lipinski definition) is 1. The van der Waals surface area contributed by atoms with Gasteiger partial charge >= 0.3 is 0 Å². The summed E-state index contributed by atoms with van der Waals surface area (Å²) < 4.78 is 25.9. The topological polar surface area (TPSA) is 4.93 Å². The molecule has 0 atom stereocenters. The molecule has 0 amide bonds. The first kappa shape index (κ1) is 7.34. The molecule has 0 saturated heterocycles. The number of hydrogen-bond donors (Lipinski definition) is 0. The van der Waals surface area contributed by atoms with E-state index in [-0.39, 0.29) is 4.51 Å². The molecule has 0 aromatic carbocycles. The molecule has 1 heterocycles. The Kier molecular flexibility index (Phi) is 1.80. The third-order valence-corrected chi connectivity index (χ3v) is 1.47. The van der Waals surface area contributed by atoms with Crippen molar-refractivity contribution in [2.75, 3.05) is 0 Å². The van der Waals surface area contributed by atoms with Crippen LogP contribution in [0, 0.1) is 16.3 Å². The van der Waals surface area contributed by atoms with Gasteiger partial charge in [-0.05, 0) is 6.07 Å². The summed E-state index contributed by atoms with van der Waals surface area (Å²) in [6.45, 7) is 0. The number of aryl methyl sites for hydroxylation is 1. The second-order valence-electron chi connectivity index (χ2n) is 1.90. The SMILES string of the molecule is Cn1ccc(=S)c(F)c1F. The highest BCUT2D eigenvalue weighted by Gasteiger charge is 2.03. The molecule has 1 aromatic heterocycles. The van der Waals surface area contributed by atoms with E-state index in [1.165, 1.54) is 19.3 Å². The Bertz CT molecular complexity index is 305. The Morgan fingerprint density at radius 1 is 1.50 bits per heavy atom. The molecule has 0 N–H and O–H groups in total. The molecule has 0 spiro atoms. The number of halogens is 2. The second-order valence-corrected chi connectivity index (χ2v) is 2.34. The molecule has 0 aliphatic heterocycles. The predicted octanol–water partition coefficient (Wildman–Crippen LogP) is 2.03. The van der Waals surface area contributed by atoms with Gasteiger partial charge < -0.3 is 4.57 Å². The van der Waals surface area contributed by atoms with Gasteiger partial charge in [0.2, 0.25) is 5.95 Å². The van der Waals surface area contributed by atoms with E-state index >= 15 is 0 Å². The highest BCUT2D eigenvalue weighted by Crippen LogP contribution is 2.04. The quantitative estimate of drug-likeness (QED) is 0.416. The van der Waals surface area contributed by atoms with Gasteiger partial charge in [-0.15, -0.1) is 0 Å². The predicted molar refractivity (Wildman–Crippen MR) is 36.2 cm³/mol. The van der Waals surface area contributed by atoms with Crippen molar-refractivity contribution in [3.8, 4) is 0 Å². The van der Waals surface area contributed by atoms with Crippen LogP contribution in [0.2, 0.25) is 0 Å². The monoisotopic (exact) mass is 161 g/mol. The Labute approximate surface area is 61.9 Å². The van der Waals surface area contributed by atoms with Gasteiger partial charge in [-0.1, -0.05) is 12.2 Å². The molecule has 0 aliphatic rings. The third-order valence-electron chi connectivity index (χ3n) is 1.16. The lowest BCUT2D eigenvalue weighted by Crippen LogP contribution is -2.00. The normalized spacial score (nSPS) is 9.90. The highest BCUT2D eigenvalue weighted by atomic mass is 32.1.